The second-order valence-electron chi connectivity index (χ2n) is 7.74. The number of nitrogens with zero attached hydrogens (tertiary/aromatic N) is 1. The number of carbonyl (C=O) groups excluding carboxylic acids is 2. The molecule has 0 radical (unpaired) electrons. The Bertz CT molecular complexity index is 1000. The Hall–Kier alpha value is -3.59. The highest BCUT2D eigenvalue weighted by atomic mass is 35.5. The Morgan fingerprint density at radius 1 is 1.21 bits per heavy atom. The highest BCUT2D eigenvalue weighted by Gasteiger charge is 2.35. The number of carboxylic acid groups (broad SMARTS) is 1. The minimum Gasteiger partial charge on any atom is -0.481 e. The molecule has 33 heavy (non-hydrogen) atoms. The average molecular weight is 475 g/mol. The van der Waals surface area contributed by atoms with Crippen molar-refractivity contribution >= 4 is 36.2 Å². The number of carboxylic acids is 1. The lowest BCUT2D eigenvalue weighted by molar-refractivity contribution is -0.137. The number of carbonyl (C=O) groups is 3. The first-order valence-electron chi connectivity index (χ1n) is 10.2. The number of halogens is 1. The third-order valence-corrected chi connectivity index (χ3v) is 5.44. The van der Waals surface area contributed by atoms with Crippen molar-refractivity contribution in [1.82, 2.24) is 10.2 Å². The SMILES string of the molecule is CN1C(=O)O[C@@H](CC(=O)N[C@H](CC(=O)O)c2ccccc2)C[C@H]1c1ccc(C(=N)N)cc1.Cl. The molecule has 0 aromatic heterocycles. The lowest BCUT2D eigenvalue weighted by Crippen LogP contribution is -2.44. The Kier molecular flexibility index (Phi) is 8.81. The van der Waals surface area contributed by atoms with E-state index >= 15 is 0 Å². The van der Waals surface area contributed by atoms with E-state index in [1.165, 1.54) is 4.90 Å². The Morgan fingerprint density at radius 3 is 2.42 bits per heavy atom. The monoisotopic (exact) mass is 474 g/mol. The lowest BCUT2D eigenvalue weighted by atomic mass is 9.95. The molecule has 5 N–H and O–H groups in total. The van der Waals surface area contributed by atoms with Gasteiger partial charge in [0.15, 0.2) is 0 Å². The van der Waals surface area contributed by atoms with Gasteiger partial charge in [-0.1, -0.05) is 54.6 Å². The largest absolute Gasteiger partial charge is 0.481 e. The fourth-order valence-electron chi connectivity index (χ4n) is 3.75. The molecule has 0 unspecified atom stereocenters. The number of amidine groups is 1. The molecule has 1 fully saturated rings. The van der Waals surface area contributed by atoms with Gasteiger partial charge < -0.3 is 25.8 Å². The van der Waals surface area contributed by atoms with E-state index in [0.29, 0.717) is 17.5 Å². The molecule has 1 aliphatic heterocycles. The minimum absolute atomic E-state index is 0. The van der Waals surface area contributed by atoms with Crippen LogP contribution in [0.15, 0.2) is 54.6 Å². The number of amides is 2. The summed E-state index contributed by atoms with van der Waals surface area (Å²) in [5.41, 5.74) is 7.61. The summed E-state index contributed by atoms with van der Waals surface area (Å²) in [5.74, 6) is -1.47. The summed E-state index contributed by atoms with van der Waals surface area (Å²) < 4.78 is 5.41. The first-order valence-corrected chi connectivity index (χ1v) is 10.2. The number of rotatable bonds is 8. The van der Waals surface area contributed by atoms with E-state index in [1.54, 1.807) is 55.6 Å². The molecule has 2 aromatic carbocycles. The second-order valence-corrected chi connectivity index (χ2v) is 7.74. The smallest absolute Gasteiger partial charge is 0.410 e. The van der Waals surface area contributed by atoms with E-state index < -0.39 is 30.1 Å². The number of nitrogens with two attached hydrogens (primary N) is 1. The third kappa shape index (κ3) is 6.69. The van der Waals surface area contributed by atoms with Crippen LogP contribution in [-0.4, -0.2) is 47.0 Å². The molecule has 0 spiro atoms. The molecule has 3 rings (SSSR count). The standard InChI is InChI=1S/C23H26N4O5.ClH/c1-27-19(15-7-9-16(10-8-15)22(24)25)11-17(32-23(27)31)12-20(28)26-18(13-21(29)30)14-5-3-2-4-6-14;/h2-10,17-19H,11-13H2,1H3,(H3,24,25)(H,26,28)(H,29,30);1H/t17-,18-,19+;/m1./s1. The van der Waals surface area contributed by atoms with Gasteiger partial charge in [0.05, 0.1) is 24.9 Å². The van der Waals surface area contributed by atoms with Gasteiger partial charge in [0.2, 0.25) is 5.91 Å². The van der Waals surface area contributed by atoms with E-state index in [2.05, 4.69) is 5.32 Å². The van der Waals surface area contributed by atoms with E-state index in [4.69, 9.17) is 15.9 Å². The molecule has 3 atom stereocenters. The fraction of sp³-hybridized carbons (Fsp3) is 0.304. The van der Waals surface area contributed by atoms with Crippen molar-refractivity contribution in [3.63, 3.8) is 0 Å². The summed E-state index contributed by atoms with van der Waals surface area (Å²) in [4.78, 5) is 37.8. The lowest BCUT2D eigenvalue weighted by Gasteiger charge is -2.37. The van der Waals surface area contributed by atoms with Crippen LogP contribution in [0.2, 0.25) is 0 Å². The van der Waals surface area contributed by atoms with Crippen molar-refractivity contribution in [1.29, 1.82) is 5.41 Å². The summed E-state index contributed by atoms with van der Waals surface area (Å²) >= 11 is 0. The molecule has 0 saturated carbocycles. The first-order chi connectivity index (χ1) is 15.2. The van der Waals surface area contributed by atoms with Gasteiger partial charge in [-0.3, -0.25) is 15.0 Å². The molecule has 176 valence electrons. The van der Waals surface area contributed by atoms with Crippen LogP contribution in [0.3, 0.4) is 0 Å². The van der Waals surface area contributed by atoms with Crippen LogP contribution < -0.4 is 11.1 Å². The van der Waals surface area contributed by atoms with Crippen molar-refractivity contribution < 1.29 is 24.2 Å². The maximum absolute atomic E-state index is 12.7. The minimum atomic E-state index is -1.03. The molecule has 1 aliphatic rings. The molecule has 9 nitrogen and oxygen atoms in total. The van der Waals surface area contributed by atoms with Crippen molar-refractivity contribution in [2.45, 2.75) is 37.5 Å². The van der Waals surface area contributed by atoms with Crippen molar-refractivity contribution in [3.8, 4) is 0 Å². The van der Waals surface area contributed by atoms with Crippen LogP contribution >= 0.6 is 12.4 Å². The fourth-order valence-corrected chi connectivity index (χ4v) is 3.75. The van der Waals surface area contributed by atoms with Crippen LogP contribution in [0.25, 0.3) is 0 Å². The van der Waals surface area contributed by atoms with Gasteiger partial charge in [-0.15, -0.1) is 12.4 Å². The van der Waals surface area contributed by atoms with Crippen molar-refractivity contribution in [3.05, 3.63) is 71.3 Å². The van der Waals surface area contributed by atoms with Crippen molar-refractivity contribution in [2.75, 3.05) is 7.05 Å². The van der Waals surface area contributed by atoms with Crippen LogP contribution in [0.1, 0.15) is 48.0 Å². The van der Waals surface area contributed by atoms with Gasteiger partial charge in [-0.2, -0.15) is 0 Å². The van der Waals surface area contributed by atoms with Gasteiger partial charge in [-0.05, 0) is 11.1 Å². The molecule has 1 saturated heterocycles. The summed E-state index contributed by atoms with van der Waals surface area (Å²) in [5, 5.41) is 19.5. The van der Waals surface area contributed by atoms with Gasteiger partial charge >= 0.3 is 12.1 Å². The number of aliphatic carboxylic acids is 1. The van der Waals surface area contributed by atoms with E-state index in [-0.39, 0.29) is 37.1 Å². The molecule has 2 amide bonds. The normalized spacial score (nSPS) is 18.5. The van der Waals surface area contributed by atoms with Crippen molar-refractivity contribution in [2.24, 2.45) is 5.73 Å². The quantitative estimate of drug-likeness (QED) is 0.341. The Morgan fingerprint density at radius 2 is 1.85 bits per heavy atom. The predicted molar refractivity (Wildman–Crippen MR) is 124 cm³/mol. The number of nitrogens with one attached hydrogen (secondary N) is 2. The van der Waals surface area contributed by atoms with Crippen LogP contribution in [0.4, 0.5) is 4.79 Å². The van der Waals surface area contributed by atoms with Gasteiger partial charge in [-0.25, -0.2) is 4.79 Å². The van der Waals surface area contributed by atoms with Gasteiger partial charge in [0.25, 0.3) is 0 Å². The number of benzene rings is 2. The maximum atomic E-state index is 12.7. The second kappa shape index (κ2) is 11.3. The topological polar surface area (TPSA) is 146 Å². The number of nitrogen functional groups attached to an aromatic ring is 1. The number of hydrogen-bond donors (Lipinski definition) is 4. The Labute approximate surface area is 197 Å². The molecule has 0 aliphatic carbocycles. The van der Waals surface area contributed by atoms with Gasteiger partial charge in [0.1, 0.15) is 11.9 Å². The van der Waals surface area contributed by atoms with Crippen LogP contribution in [0, 0.1) is 5.41 Å². The molecule has 10 heteroatoms. The molecule has 2 aromatic rings. The van der Waals surface area contributed by atoms with Crippen LogP contribution in [0.5, 0.6) is 0 Å². The number of cyclic esters (lactones) is 1. The summed E-state index contributed by atoms with van der Waals surface area (Å²) in [7, 11) is 1.63. The molecular formula is C23H27ClN4O5. The third-order valence-electron chi connectivity index (χ3n) is 5.44. The van der Waals surface area contributed by atoms with E-state index in [9.17, 15) is 19.5 Å². The summed E-state index contributed by atoms with van der Waals surface area (Å²) in [6.07, 6.45) is -1.14. The number of ether oxygens (including phenoxy) is 1. The van der Waals surface area contributed by atoms with Crippen LogP contribution in [-0.2, 0) is 14.3 Å². The Balaban J connectivity index is 0.00000385. The predicted octanol–water partition coefficient (Wildman–Crippen LogP) is 3.00. The summed E-state index contributed by atoms with van der Waals surface area (Å²) in [6, 6.07) is 14.9. The zero-order valence-corrected chi connectivity index (χ0v) is 18.9. The first kappa shape index (κ1) is 25.7. The summed E-state index contributed by atoms with van der Waals surface area (Å²) in [6.45, 7) is 0. The number of hydrogen-bond acceptors (Lipinski definition) is 5. The maximum Gasteiger partial charge on any atom is 0.410 e. The zero-order chi connectivity index (χ0) is 23.3. The van der Waals surface area contributed by atoms with E-state index in [0.717, 1.165) is 5.56 Å². The van der Waals surface area contributed by atoms with Gasteiger partial charge in [0, 0.05) is 19.0 Å². The molecular weight excluding hydrogens is 448 g/mol. The average Bonchev–Trinajstić information content (AvgIpc) is 2.76. The highest BCUT2D eigenvalue weighted by molar-refractivity contribution is 5.94. The highest BCUT2D eigenvalue weighted by Crippen LogP contribution is 2.32. The molecule has 1 heterocycles. The zero-order valence-electron chi connectivity index (χ0n) is 18.1. The molecule has 0 bridgehead atoms. The van der Waals surface area contributed by atoms with E-state index in [1.807, 2.05) is 6.07 Å².